The number of aromatic nitrogens is 2. The maximum atomic E-state index is 12.3. The average molecular weight is 363 g/mol. The van der Waals surface area contributed by atoms with Crippen LogP contribution in [0, 0.1) is 0 Å². The van der Waals surface area contributed by atoms with Crippen LogP contribution in [0.2, 0.25) is 0 Å². The number of amides is 1. The molecule has 0 bridgehead atoms. The van der Waals surface area contributed by atoms with Crippen molar-refractivity contribution in [3.8, 4) is 5.75 Å². The fraction of sp³-hybridized carbons (Fsp3) is 0.150. The molecule has 2 N–H and O–H groups in total. The Balaban J connectivity index is 1.66. The van der Waals surface area contributed by atoms with Crippen LogP contribution in [-0.2, 0) is 0 Å². The third-order valence-electron chi connectivity index (χ3n) is 3.91. The molecule has 0 unspecified atom stereocenters. The van der Waals surface area contributed by atoms with E-state index in [0.29, 0.717) is 17.3 Å². The first-order valence-electron chi connectivity index (χ1n) is 8.39. The normalized spacial score (nSPS) is 10.2. The van der Waals surface area contributed by atoms with Gasteiger partial charge in [-0.05, 0) is 48.5 Å². The standard InChI is InChI=1S/C20H21N5O2/c1-25(2)15-10-8-14(9-11-15)21-20(26)17-12-13-19(24-23-17)22-16-6-4-5-7-18(16)27-3/h4-13H,1-3H3,(H,21,26)(H,22,24). The number of rotatable bonds is 6. The van der Waals surface area contributed by atoms with Gasteiger partial charge in [0, 0.05) is 25.5 Å². The molecular weight excluding hydrogens is 342 g/mol. The minimum Gasteiger partial charge on any atom is -0.495 e. The van der Waals surface area contributed by atoms with Crippen molar-refractivity contribution >= 4 is 28.8 Å². The molecule has 1 amide bonds. The van der Waals surface area contributed by atoms with Crippen LogP contribution in [0.3, 0.4) is 0 Å². The Morgan fingerprint density at radius 1 is 0.963 bits per heavy atom. The number of para-hydroxylation sites is 2. The smallest absolute Gasteiger partial charge is 0.276 e. The molecule has 7 heteroatoms. The van der Waals surface area contributed by atoms with Crippen molar-refractivity contribution in [3.63, 3.8) is 0 Å². The summed E-state index contributed by atoms with van der Waals surface area (Å²) in [5, 5.41) is 14.0. The van der Waals surface area contributed by atoms with Crippen molar-refractivity contribution < 1.29 is 9.53 Å². The highest BCUT2D eigenvalue weighted by Crippen LogP contribution is 2.25. The summed E-state index contributed by atoms with van der Waals surface area (Å²) in [7, 11) is 5.53. The van der Waals surface area contributed by atoms with Crippen LogP contribution >= 0.6 is 0 Å². The monoisotopic (exact) mass is 363 g/mol. The minimum absolute atomic E-state index is 0.234. The van der Waals surface area contributed by atoms with E-state index in [1.54, 1.807) is 19.2 Å². The third kappa shape index (κ3) is 4.52. The van der Waals surface area contributed by atoms with Gasteiger partial charge in [0.15, 0.2) is 11.5 Å². The van der Waals surface area contributed by atoms with Crippen LogP contribution < -0.4 is 20.3 Å². The Labute approximate surface area is 158 Å². The molecule has 0 aliphatic rings. The van der Waals surface area contributed by atoms with Crippen LogP contribution in [0.4, 0.5) is 22.9 Å². The number of hydrogen-bond acceptors (Lipinski definition) is 6. The highest BCUT2D eigenvalue weighted by molar-refractivity contribution is 6.02. The Bertz CT molecular complexity index is 908. The van der Waals surface area contributed by atoms with E-state index >= 15 is 0 Å². The van der Waals surface area contributed by atoms with Crippen LogP contribution in [-0.4, -0.2) is 37.3 Å². The first-order chi connectivity index (χ1) is 13.1. The molecule has 3 rings (SSSR count). The van der Waals surface area contributed by atoms with Gasteiger partial charge >= 0.3 is 0 Å². The molecule has 3 aromatic rings. The maximum Gasteiger partial charge on any atom is 0.276 e. The van der Waals surface area contributed by atoms with E-state index in [4.69, 9.17) is 4.74 Å². The molecule has 0 spiro atoms. The number of benzene rings is 2. The van der Waals surface area contributed by atoms with E-state index < -0.39 is 0 Å². The lowest BCUT2D eigenvalue weighted by Crippen LogP contribution is -2.15. The van der Waals surface area contributed by atoms with E-state index in [2.05, 4.69) is 20.8 Å². The molecular formula is C20H21N5O2. The van der Waals surface area contributed by atoms with Gasteiger partial charge in [0.2, 0.25) is 0 Å². The lowest BCUT2D eigenvalue weighted by atomic mass is 10.2. The Morgan fingerprint density at radius 3 is 2.33 bits per heavy atom. The predicted octanol–water partition coefficient (Wildman–Crippen LogP) is 3.55. The summed E-state index contributed by atoms with van der Waals surface area (Å²) in [5.41, 5.74) is 2.76. The first kappa shape index (κ1) is 18.2. The van der Waals surface area contributed by atoms with Crippen molar-refractivity contribution in [2.24, 2.45) is 0 Å². The summed E-state index contributed by atoms with van der Waals surface area (Å²) in [6, 6.07) is 18.4. The van der Waals surface area contributed by atoms with Gasteiger partial charge in [0.05, 0.1) is 12.8 Å². The molecule has 0 aliphatic carbocycles. The van der Waals surface area contributed by atoms with Gasteiger partial charge in [-0.2, -0.15) is 0 Å². The molecule has 2 aromatic carbocycles. The Kier molecular flexibility index (Phi) is 5.51. The van der Waals surface area contributed by atoms with E-state index in [9.17, 15) is 4.79 Å². The molecule has 138 valence electrons. The second kappa shape index (κ2) is 8.18. The quantitative estimate of drug-likeness (QED) is 0.697. The highest BCUT2D eigenvalue weighted by Gasteiger charge is 2.10. The number of hydrogen-bond donors (Lipinski definition) is 2. The fourth-order valence-electron chi connectivity index (χ4n) is 2.44. The van der Waals surface area contributed by atoms with Crippen LogP contribution in [0.25, 0.3) is 0 Å². The van der Waals surface area contributed by atoms with Crippen molar-refractivity contribution in [1.82, 2.24) is 10.2 Å². The maximum absolute atomic E-state index is 12.3. The number of nitrogens with one attached hydrogen (secondary N) is 2. The zero-order valence-corrected chi connectivity index (χ0v) is 15.4. The number of carbonyl (C=O) groups is 1. The third-order valence-corrected chi connectivity index (χ3v) is 3.91. The molecule has 0 saturated heterocycles. The lowest BCUT2D eigenvalue weighted by molar-refractivity contribution is 0.102. The van der Waals surface area contributed by atoms with Crippen molar-refractivity contribution in [1.29, 1.82) is 0 Å². The number of carbonyl (C=O) groups excluding carboxylic acids is 1. The van der Waals surface area contributed by atoms with Gasteiger partial charge in [0.1, 0.15) is 5.75 Å². The van der Waals surface area contributed by atoms with Gasteiger partial charge in [-0.15, -0.1) is 10.2 Å². The van der Waals surface area contributed by atoms with Crippen LogP contribution in [0.1, 0.15) is 10.5 Å². The molecule has 0 fully saturated rings. The fourth-order valence-corrected chi connectivity index (χ4v) is 2.44. The van der Waals surface area contributed by atoms with Crippen molar-refractivity contribution in [2.45, 2.75) is 0 Å². The van der Waals surface area contributed by atoms with Crippen molar-refractivity contribution in [2.75, 3.05) is 36.7 Å². The molecule has 0 radical (unpaired) electrons. The van der Waals surface area contributed by atoms with E-state index in [0.717, 1.165) is 11.4 Å². The van der Waals surface area contributed by atoms with Gasteiger partial charge in [-0.25, -0.2) is 0 Å². The van der Waals surface area contributed by atoms with E-state index in [-0.39, 0.29) is 11.6 Å². The molecule has 0 aliphatic heterocycles. The Morgan fingerprint density at radius 2 is 1.70 bits per heavy atom. The number of methoxy groups -OCH3 is 1. The number of nitrogens with zero attached hydrogens (tertiary/aromatic N) is 3. The van der Waals surface area contributed by atoms with Gasteiger partial charge < -0.3 is 20.3 Å². The van der Waals surface area contributed by atoms with Crippen LogP contribution in [0.15, 0.2) is 60.7 Å². The van der Waals surface area contributed by atoms with Gasteiger partial charge in [-0.1, -0.05) is 12.1 Å². The molecule has 27 heavy (non-hydrogen) atoms. The number of ether oxygens (including phenoxy) is 1. The largest absolute Gasteiger partial charge is 0.495 e. The summed E-state index contributed by atoms with van der Waals surface area (Å²) in [6.45, 7) is 0. The second-order valence-electron chi connectivity index (χ2n) is 6.02. The highest BCUT2D eigenvalue weighted by atomic mass is 16.5. The summed E-state index contributed by atoms with van der Waals surface area (Å²) < 4.78 is 5.29. The van der Waals surface area contributed by atoms with Crippen LogP contribution in [0.5, 0.6) is 5.75 Å². The van der Waals surface area contributed by atoms with E-state index in [1.165, 1.54) is 0 Å². The molecule has 7 nitrogen and oxygen atoms in total. The zero-order valence-electron chi connectivity index (χ0n) is 15.4. The summed E-state index contributed by atoms with van der Waals surface area (Å²) in [4.78, 5) is 14.3. The van der Waals surface area contributed by atoms with Crippen molar-refractivity contribution in [3.05, 3.63) is 66.4 Å². The zero-order chi connectivity index (χ0) is 19.2. The average Bonchev–Trinajstić information content (AvgIpc) is 2.69. The topological polar surface area (TPSA) is 79.4 Å². The number of anilines is 4. The molecule has 0 saturated carbocycles. The minimum atomic E-state index is -0.316. The molecule has 0 atom stereocenters. The van der Waals surface area contributed by atoms with Gasteiger partial charge in [0.25, 0.3) is 5.91 Å². The van der Waals surface area contributed by atoms with E-state index in [1.807, 2.05) is 67.5 Å². The molecule has 1 aromatic heterocycles. The first-order valence-corrected chi connectivity index (χ1v) is 8.39. The SMILES string of the molecule is COc1ccccc1Nc1ccc(C(=O)Nc2ccc(N(C)C)cc2)nn1. The lowest BCUT2D eigenvalue weighted by Gasteiger charge is -2.13. The summed E-state index contributed by atoms with van der Waals surface area (Å²) in [5.74, 6) is 0.901. The summed E-state index contributed by atoms with van der Waals surface area (Å²) >= 11 is 0. The van der Waals surface area contributed by atoms with Gasteiger partial charge in [-0.3, -0.25) is 4.79 Å². The Hall–Kier alpha value is -3.61. The predicted molar refractivity (Wildman–Crippen MR) is 107 cm³/mol. The second-order valence-corrected chi connectivity index (χ2v) is 6.02. The molecule has 1 heterocycles. The summed E-state index contributed by atoms with van der Waals surface area (Å²) in [6.07, 6.45) is 0.